The van der Waals surface area contributed by atoms with E-state index in [-0.39, 0.29) is 11.2 Å². The second kappa shape index (κ2) is 6.80. The lowest BCUT2D eigenvalue weighted by Gasteiger charge is -2.13. The molecule has 0 amide bonds. The smallest absolute Gasteiger partial charge is 0.262 e. The molecule has 0 spiro atoms. The summed E-state index contributed by atoms with van der Waals surface area (Å²) in [5.41, 5.74) is 1.95. The number of anilines is 1. The van der Waals surface area contributed by atoms with Crippen molar-refractivity contribution in [3.05, 3.63) is 53.6 Å². The number of aryl methyl sites for hydroxylation is 1. The molecule has 1 N–H and O–H groups in total. The van der Waals surface area contributed by atoms with Crippen molar-refractivity contribution in [2.45, 2.75) is 18.1 Å². The number of rotatable bonds is 5. The Bertz CT molecular complexity index is 811. The summed E-state index contributed by atoms with van der Waals surface area (Å²) in [5.74, 6) is 0.618. The molecule has 2 aromatic carbocycles. The lowest BCUT2D eigenvalue weighted by molar-refractivity contribution is -0.0441. The van der Waals surface area contributed by atoms with Gasteiger partial charge in [-0.2, -0.15) is 0 Å². The summed E-state index contributed by atoms with van der Waals surface area (Å²) in [6, 6.07) is 11.8. The van der Waals surface area contributed by atoms with Gasteiger partial charge in [-0.3, -0.25) is 4.72 Å². The molecule has 2 aromatic rings. The molecule has 0 bridgehead atoms. The van der Waals surface area contributed by atoms with E-state index in [0.29, 0.717) is 30.2 Å². The second-order valence-electron chi connectivity index (χ2n) is 5.43. The number of sulfonamides is 1. The van der Waals surface area contributed by atoms with E-state index in [4.69, 9.17) is 14.2 Å². The van der Waals surface area contributed by atoms with E-state index in [1.54, 1.807) is 50.4 Å². The molecule has 24 heavy (non-hydrogen) atoms. The van der Waals surface area contributed by atoms with Crippen molar-refractivity contribution in [1.82, 2.24) is 0 Å². The van der Waals surface area contributed by atoms with Crippen LogP contribution in [0.3, 0.4) is 0 Å². The zero-order valence-corrected chi connectivity index (χ0v) is 14.3. The van der Waals surface area contributed by atoms with E-state index in [9.17, 15) is 8.42 Å². The largest absolute Gasteiger partial charge is 0.497 e. The van der Waals surface area contributed by atoms with Gasteiger partial charge in [-0.1, -0.05) is 12.1 Å². The van der Waals surface area contributed by atoms with E-state index in [2.05, 4.69) is 4.72 Å². The number of methoxy groups -OCH3 is 1. The third-order valence-electron chi connectivity index (χ3n) is 3.73. The standard InChI is InChI=1S/C17H19NO5S/c1-12-11-15(21-2)7-8-16(12)24(19,20)18-14-5-3-13(4-6-14)17-22-9-10-23-17/h3-8,11,17-18H,9-10H2,1-2H3. The van der Waals surface area contributed by atoms with E-state index in [1.165, 1.54) is 6.07 Å². The Kier molecular flexibility index (Phi) is 4.75. The monoisotopic (exact) mass is 349 g/mol. The van der Waals surface area contributed by atoms with Gasteiger partial charge in [0.25, 0.3) is 10.0 Å². The Labute approximate surface area is 141 Å². The fraction of sp³-hybridized carbons (Fsp3) is 0.294. The predicted octanol–water partition coefficient (Wildman–Crippen LogP) is 2.85. The molecule has 6 nitrogen and oxygen atoms in total. The first-order valence-electron chi connectivity index (χ1n) is 7.50. The first-order valence-corrected chi connectivity index (χ1v) is 8.98. The van der Waals surface area contributed by atoms with Crippen LogP contribution in [-0.2, 0) is 19.5 Å². The van der Waals surface area contributed by atoms with Gasteiger partial charge in [-0.15, -0.1) is 0 Å². The van der Waals surface area contributed by atoms with Crippen LogP contribution in [-0.4, -0.2) is 28.7 Å². The van der Waals surface area contributed by atoms with Gasteiger partial charge < -0.3 is 14.2 Å². The van der Waals surface area contributed by atoms with Gasteiger partial charge in [0.15, 0.2) is 6.29 Å². The fourth-order valence-corrected chi connectivity index (χ4v) is 3.81. The van der Waals surface area contributed by atoms with Crippen LogP contribution in [0.2, 0.25) is 0 Å². The molecule has 0 unspecified atom stereocenters. The number of hydrogen-bond donors (Lipinski definition) is 1. The molecule has 1 aliphatic heterocycles. The minimum Gasteiger partial charge on any atom is -0.497 e. The molecule has 3 rings (SSSR count). The quantitative estimate of drug-likeness (QED) is 0.898. The molecule has 1 aliphatic rings. The maximum absolute atomic E-state index is 12.6. The molecule has 1 heterocycles. The van der Waals surface area contributed by atoms with Crippen molar-refractivity contribution in [2.75, 3.05) is 25.0 Å². The number of hydrogen-bond acceptors (Lipinski definition) is 5. The van der Waals surface area contributed by atoms with Crippen LogP contribution in [0.5, 0.6) is 5.75 Å². The minimum atomic E-state index is -3.67. The average molecular weight is 349 g/mol. The highest BCUT2D eigenvalue weighted by Gasteiger charge is 2.20. The van der Waals surface area contributed by atoms with Crippen LogP contribution in [0, 0.1) is 6.92 Å². The Balaban J connectivity index is 1.79. The molecule has 1 fully saturated rings. The number of nitrogens with one attached hydrogen (secondary N) is 1. The Morgan fingerprint density at radius 3 is 2.33 bits per heavy atom. The van der Waals surface area contributed by atoms with Gasteiger partial charge in [0.05, 0.1) is 25.2 Å². The van der Waals surface area contributed by atoms with Gasteiger partial charge in [0.1, 0.15) is 5.75 Å². The third-order valence-corrected chi connectivity index (χ3v) is 5.27. The van der Waals surface area contributed by atoms with E-state index in [0.717, 1.165) is 5.56 Å². The summed E-state index contributed by atoms with van der Waals surface area (Å²) < 4.78 is 43.6. The van der Waals surface area contributed by atoms with Gasteiger partial charge in [0, 0.05) is 11.3 Å². The lowest BCUT2D eigenvalue weighted by Crippen LogP contribution is -2.14. The van der Waals surface area contributed by atoms with Crippen LogP contribution in [0.1, 0.15) is 17.4 Å². The molecule has 0 atom stereocenters. The zero-order chi connectivity index (χ0) is 17.2. The van der Waals surface area contributed by atoms with Gasteiger partial charge in [-0.05, 0) is 42.8 Å². The highest BCUT2D eigenvalue weighted by atomic mass is 32.2. The number of ether oxygens (including phenoxy) is 3. The van der Waals surface area contributed by atoms with Crippen LogP contribution < -0.4 is 9.46 Å². The van der Waals surface area contributed by atoms with Crippen molar-refractivity contribution in [3.8, 4) is 5.75 Å². The molecule has 7 heteroatoms. The second-order valence-corrected chi connectivity index (χ2v) is 7.08. The molecular formula is C17H19NO5S. The molecule has 128 valence electrons. The Hall–Kier alpha value is -2.09. The fourth-order valence-electron chi connectivity index (χ4n) is 2.52. The summed E-state index contributed by atoms with van der Waals surface area (Å²) in [6.45, 7) is 2.86. The van der Waals surface area contributed by atoms with Gasteiger partial charge in [-0.25, -0.2) is 8.42 Å². The van der Waals surface area contributed by atoms with Crippen LogP contribution in [0.15, 0.2) is 47.4 Å². The molecule has 1 saturated heterocycles. The van der Waals surface area contributed by atoms with Crippen molar-refractivity contribution < 1.29 is 22.6 Å². The number of benzene rings is 2. The summed E-state index contributed by atoms with van der Waals surface area (Å²) in [6.07, 6.45) is -0.375. The zero-order valence-electron chi connectivity index (χ0n) is 13.5. The van der Waals surface area contributed by atoms with Crippen molar-refractivity contribution >= 4 is 15.7 Å². The van der Waals surface area contributed by atoms with Crippen molar-refractivity contribution in [2.24, 2.45) is 0 Å². The highest BCUT2D eigenvalue weighted by molar-refractivity contribution is 7.92. The first-order chi connectivity index (χ1) is 11.5. The molecular weight excluding hydrogens is 330 g/mol. The molecule has 0 radical (unpaired) electrons. The predicted molar refractivity (Wildman–Crippen MR) is 89.6 cm³/mol. The molecule has 0 aromatic heterocycles. The summed E-state index contributed by atoms with van der Waals surface area (Å²) >= 11 is 0. The lowest BCUT2D eigenvalue weighted by atomic mass is 10.2. The van der Waals surface area contributed by atoms with Gasteiger partial charge in [0.2, 0.25) is 0 Å². The summed E-state index contributed by atoms with van der Waals surface area (Å²) in [7, 11) is -2.13. The van der Waals surface area contributed by atoms with E-state index >= 15 is 0 Å². The van der Waals surface area contributed by atoms with E-state index in [1.807, 2.05) is 0 Å². The van der Waals surface area contributed by atoms with Crippen molar-refractivity contribution in [1.29, 1.82) is 0 Å². The van der Waals surface area contributed by atoms with Crippen molar-refractivity contribution in [3.63, 3.8) is 0 Å². The van der Waals surface area contributed by atoms with Crippen LogP contribution in [0.4, 0.5) is 5.69 Å². The first kappa shape index (κ1) is 16.8. The van der Waals surface area contributed by atoms with E-state index < -0.39 is 10.0 Å². The maximum atomic E-state index is 12.6. The normalized spacial score (nSPS) is 15.4. The van der Waals surface area contributed by atoms with Gasteiger partial charge >= 0.3 is 0 Å². The summed E-state index contributed by atoms with van der Waals surface area (Å²) in [5, 5.41) is 0. The minimum absolute atomic E-state index is 0.217. The SMILES string of the molecule is COc1ccc(S(=O)(=O)Nc2ccc(C3OCCO3)cc2)c(C)c1. The molecule has 0 saturated carbocycles. The average Bonchev–Trinajstić information content (AvgIpc) is 3.09. The summed E-state index contributed by atoms with van der Waals surface area (Å²) in [4.78, 5) is 0.217. The maximum Gasteiger partial charge on any atom is 0.262 e. The third kappa shape index (κ3) is 3.53. The highest BCUT2D eigenvalue weighted by Crippen LogP contribution is 2.26. The van der Waals surface area contributed by atoms with Crippen LogP contribution >= 0.6 is 0 Å². The molecule has 0 aliphatic carbocycles. The Morgan fingerprint density at radius 1 is 1.08 bits per heavy atom. The topological polar surface area (TPSA) is 73.9 Å². The Morgan fingerprint density at radius 2 is 1.75 bits per heavy atom. The van der Waals surface area contributed by atoms with Crippen LogP contribution in [0.25, 0.3) is 0 Å².